The molecular formula is C53H69N7O11S. The summed E-state index contributed by atoms with van der Waals surface area (Å²) < 4.78 is 26.1. The Balaban J connectivity index is 1.18. The van der Waals surface area contributed by atoms with E-state index in [2.05, 4.69) is 36.9 Å². The highest BCUT2D eigenvalue weighted by molar-refractivity contribution is 7.80. The quantitative estimate of drug-likeness (QED) is 0.0172. The molecule has 0 aliphatic carbocycles. The van der Waals surface area contributed by atoms with Crippen LogP contribution in [0.4, 0.5) is 9.59 Å². The van der Waals surface area contributed by atoms with Gasteiger partial charge in [0.05, 0.1) is 25.3 Å². The van der Waals surface area contributed by atoms with Gasteiger partial charge in [0.15, 0.2) is 5.11 Å². The molecule has 0 aliphatic heterocycles. The number of aromatic nitrogens is 1. The highest BCUT2D eigenvalue weighted by Gasteiger charge is 2.26. The first-order chi connectivity index (χ1) is 34.2. The molecule has 1 aromatic heterocycles. The Morgan fingerprint density at radius 3 is 1.39 bits per heavy atom. The number of hydrogen-bond acceptors (Lipinski definition) is 13. The summed E-state index contributed by atoms with van der Waals surface area (Å²) in [5.74, 6) is -0.757. The van der Waals surface area contributed by atoms with Gasteiger partial charge in [-0.1, -0.05) is 42.5 Å². The van der Waals surface area contributed by atoms with E-state index < -0.39 is 41.4 Å². The summed E-state index contributed by atoms with van der Waals surface area (Å²) in [4.78, 5) is 80.0. The van der Waals surface area contributed by atoms with E-state index in [0.29, 0.717) is 91.5 Å². The molecule has 0 radical (unpaired) electrons. The van der Waals surface area contributed by atoms with E-state index in [1.54, 1.807) is 96.3 Å². The minimum atomic E-state index is -0.867. The third-order valence-electron chi connectivity index (χ3n) is 10.5. The SMILES string of the molecule is COC(=O)c1ccc(Cc2ccc(CNC(=O)[C@H](CCCCNC(=S)NCCCC[C@H](NC(=O)OC(C)(C)C)C(=O)NCc3ccc(Oc4ccc(C(=O)OC)cc4)nc3)NC(=O)OC(C)(C)C)cc2)cc1. The maximum Gasteiger partial charge on any atom is 0.408 e. The molecule has 0 saturated carbocycles. The smallest absolute Gasteiger partial charge is 0.408 e. The van der Waals surface area contributed by atoms with Gasteiger partial charge < -0.3 is 55.6 Å². The molecule has 0 unspecified atom stereocenters. The number of alkyl carbamates (subject to hydrolysis) is 2. The lowest BCUT2D eigenvalue weighted by Gasteiger charge is -2.23. The second kappa shape index (κ2) is 28.5. The lowest BCUT2D eigenvalue weighted by molar-refractivity contribution is -0.124. The van der Waals surface area contributed by atoms with Crippen LogP contribution in [0, 0.1) is 0 Å². The van der Waals surface area contributed by atoms with Crippen LogP contribution < -0.4 is 36.6 Å². The summed E-state index contributed by atoms with van der Waals surface area (Å²) in [6, 6.07) is 23.3. The third kappa shape index (κ3) is 21.8. The molecule has 6 N–H and O–H groups in total. The number of nitrogens with one attached hydrogen (secondary N) is 6. The van der Waals surface area contributed by atoms with Crippen molar-refractivity contribution in [2.45, 2.75) is 123 Å². The molecule has 18 nitrogen and oxygen atoms in total. The van der Waals surface area contributed by atoms with Crippen LogP contribution in [0.5, 0.6) is 11.6 Å². The average molecular weight is 1010 g/mol. The zero-order chi connectivity index (χ0) is 52.7. The van der Waals surface area contributed by atoms with Gasteiger partial charge in [0.1, 0.15) is 29.0 Å². The molecule has 0 fully saturated rings. The summed E-state index contributed by atoms with van der Waals surface area (Å²) in [5.41, 5.74) is 3.08. The van der Waals surface area contributed by atoms with Gasteiger partial charge in [0.2, 0.25) is 17.7 Å². The van der Waals surface area contributed by atoms with E-state index >= 15 is 0 Å². The number of benzene rings is 3. The molecule has 19 heteroatoms. The number of methoxy groups -OCH3 is 2. The van der Waals surface area contributed by atoms with Crippen LogP contribution in [0.3, 0.4) is 0 Å². The Hall–Kier alpha value is -7.28. The maximum atomic E-state index is 13.4. The number of pyridine rings is 1. The molecule has 4 amide bonds. The maximum absolute atomic E-state index is 13.4. The van der Waals surface area contributed by atoms with E-state index in [1.165, 1.54) is 14.2 Å². The van der Waals surface area contributed by atoms with Crippen molar-refractivity contribution in [2.75, 3.05) is 27.3 Å². The highest BCUT2D eigenvalue weighted by atomic mass is 32.1. The fourth-order valence-electron chi connectivity index (χ4n) is 6.84. The average Bonchev–Trinajstić information content (AvgIpc) is 3.33. The van der Waals surface area contributed by atoms with E-state index in [4.69, 9.17) is 35.9 Å². The molecule has 2 atom stereocenters. The third-order valence-corrected chi connectivity index (χ3v) is 10.7. The van der Waals surface area contributed by atoms with Crippen molar-refractivity contribution in [3.05, 3.63) is 125 Å². The topological polar surface area (TPSA) is 234 Å². The summed E-state index contributed by atoms with van der Waals surface area (Å²) in [7, 11) is 2.66. The number of unbranched alkanes of at least 4 members (excludes halogenated alkanes) is 2. The molecule has 3 aromatic carbocycles. The largest absolute Gasteiger partial charge is 0.465 e. The van der Waals surface area contributed by atoms with Crippen LogP contribution >= 0.6 is 12.2 Å². The fourth-order valence-corrected chi connectivity index (χ4v) is 7.04. The number of rotatable bonds is 24. The summed E-state index contributed by atoms with van der Waals surface area (Å²) in [6.45, 7) is 11.9. The fraction of sp³-hybridized carbons (Fsp3) is 0.434. The van der Waals surface area contributed by atoms with Crippen LogP contribution in [-0.2, 0) is 48.0 Å². The van der Waals surface area contributed by atoms with Gasteiger partial charge in [-0.3, -0.25) is 9.59 Å². The number of thiocarbonyl (C=S) groups is 1. The van der Waals surface area contributed by atoms with Gasteiger partial charge in [-0.25, -0.2) is 24.2 Å². The van der Waals surface area contributed by atoms with Gasteiger partial charge in [-0.2, -0.15) is 0 Å². The Bertz CT molecular complexity index is 2240. The number of carbonyl (C=O) groups excluding carboxylic acids is 6. The van der Waals surface area contributed by atoms with Crippen molar-refractivity contribution >= 4 is 53.3 Å². The van der Waals surface area contributed by atoms with Crippen LogP contribution in [0.15, 0.2) is 91.1 Å². The number of hydrogen-bond donors (Lipinski definition) is 6. The molecule has 4 rings (SSSR count). The van der Waals surface area contributed by atoms with Crippen LogP contribution in [0.1, 0.15) is 123 Å². The van der Waals surface area contributed by atoms with Crippen molar-refractivity contribution < 1.29 is 52.5 Å². The molecule has 0 saturated heterocycles. The second-order valence-electron chi connectivity index (χ2n) is 18.8. The molecule has 388 valence electrons. The van der Waals surface area contributed by atoms with E-state index in [1.807, 2.05) is 36.4 Å². The molecule has 0 spiro atoms. The number of ether oxygens (including phenoxy) is 5. The molecule has 0 bridgehead atoms. The minimum absolute atomic E-state index is 0.151. The molecule has 72 heavy (non-hydrogen) atoms. The Kier molecular flexibility index (Phi) is 22.7. The van der Waals surface area contributed by atoms with Crippen molar-refractivity contribution in [3.63, 3.8) is 0 Å². The van der Waals surface area contributed by atoms with Crippen molar-refractivity contribution in [1.29, 1.82) is 0 Å². The second-order valence-corrected chi connectivity index (χ2v) is 19.2. The first kappa shape index (κ1) is 57.3. The molecule has 4 aromatic rings. The molecule has 0 aliphatic rings. The van der Waals surface area contributed by atoms with Crippen LogP contribution in [-0.4, -0.2) is 96.6 Å². The lowest BCUT2D eigenvalue weighted by atomic mass is 10.0. The zero-order valence-electron chi connectivity index (χ0n) is 42.4. The molecule has 1 heterocycles. The summed E-state index contributed by atoms with van der Waals surface area (Å²) in [6.07, 6.45) is 4.02. The van der Waals surface area contributed by atoms with Gasteiger partial charge in [-0.05, 0) is 157 Å². The predicted molar refractivity (Wildman–Crippen MR) is 275 cm³/mol. The van der Waals surface area contributed by atoms with Crippen LogP contribution in [0.25, 0.3) is 0 Å². The van der Waals surface area contributed by atoms with Crippen molar-refractivity contribution in [2.24, 2.45) is 0 Å². The van der Waals surface area contributed by atoms with E-state index in [9.17, 15) is 28.8 Å². The van der Waals surface area contributed by atoms with Gasteiger partial charge in [0, 0.05) is 38.4 Å². The van der Waals surface area contributed by atoms with Gasteiger partial charge in [-0.15, -0.1) is 0 Å². The number of amides is 4. The Morgan fingerprint density at radius 1 is 0.542 bits per heavy atom. The minimum Gasteiger partial charge on any atom is -0.465 e. The standard InChI is InChI=1S/C53H69N7O11S/c1-52(2,3)70-50(65)59-42(45(61)57-32-37-17-15-35(16-18-37)31-36-19-22-39(23-20-36)47(63)67-7)13-9-11-29-54-49(72)55-30-12-10-14-43(60-51(66)71-53(4,5)6)46(62)58-34-38-21-28-44(56-33-38)69-41-26-24-40(25-27-41)48(64)68-8/h15-28,33,42-43H,9-14,29-32,34H2,1-8H3,(H,57,61)(H,58,62)(H,59,65)(H,60,66)(H2,54,55,72)/t42-,43-/m0/s1. The highest BCUT2D eigenvalue weighted by Crippen LogP contribution is 2.21. The number of nitrogens with zero attached hydrogens (tertiary/aromatic N) is 1. The van der Waals surface area contributed by atoms with Crippen molar-refractivity contribution in [1.82, 2.24) is 36.9 Å². The Morgan fingerprint density at radius 2 is 0.958 bits per heavy atom. The summed E-state index contributed by atoms with van der Waals surface area (Å²) in [5, 5.41) is 18.0. The normalized spacial score (nSPS) is 11.9. The summed E-state index contributed by atoms with van der Waals surface area (Å²) >= 11 is 5.49. The number of esters is 2. The first-order valence-electron chi connectivity index (χ1n) is 23.8. The van der Waals surface area contributed by atoms with Gasteiger partial charge in [0.25, 0.3) is 0 Å². The zero-order valence-corrected chi connectivity index (χ0v) is 43.3. The first-order valence-corrected chi connectivity index (χ1v) is 24.2. The Labute approximate surface area is 427 Å². The van der Waals surface area contributed by atoms with E-state index in [-0.39, 0.29) is 30.9 Å². The van der Waals surface area contributed by atoms with E-state index in [0.717, 1.165) is 16.7 Å². The monoisotopic (exact) mass is 1010 g/mol. The van der Waals surface area contributed by atoms with Gasteiger partial charge >= 0.3 is 24.1 Å². The van der Waals surface area contributed by atoms with Crippen molar-refractivity contribution in [3.8, 4) is 11.6 Å². The predicted octanol–water partition coefficient (Wildman–Crippen LogP) is 7.56. The lowest BCUT2D eigenvalue weighted by Crippen LogP contribution is -2.48. The van der Waals surface area contributed by atoms with Crippen LogP contribution in [0.2, 0.25) is 0 Å². The number of carbonyl (C=O) groups is 6. The molecular weight excluding hydrogens is 943 g/mol.